The van der Waals surface area contributed by atoms with Gasteiger partial charge in [0, 0.05) is 36.9 Å². The third-order valence-corrected chi connectivity index (χ3v) is 7.30. The molecule has 41 heavy (non-hydrogen) atoms. The molecule has 0 spiro atoms. The van der Waals surface area contributed by atoms with E-state index in [0.29, 0.717) is 55.3 Å². The number of anilines is 2. The minimum Gasteiger partial charge on any atom is -0.494 e. The van der Waals surface area contributed by atoms with Crippen molar-refractivity contribution in [3.05, 3.63) is 42.6 Å². The topological polar surface area (TPSA) is 108 Å². The molecular formula is C29H33F2N5O5. The summed E-state index contributed by atoms with van der Waals surface area (Å²) >= 11 is 0. The lowest BCUT2D eigenvalue weighted by Crippen LogP contribution is -2.46. The minimum absolute atomic E-state index is 0.0361. The van der Waals surface area contributed by atoms with Crippen LogP contribution < -0.4 is 19.7 Å². The Morgan fingerprint density at radius 2 is 1.80 bits per heavy atom. The van der Waals surface area contributed by atoms with Crippen molar-refractivity contribution in [1.29, 1.82) is 0 Å². The number of methoxy groups -OCH3 is 2. The highest BCUT2D eigenvalue weighted by Gasteiger charge is 2.31. The summed E-state index contributed by atoms with van der Waals surface area (Å²) < 4.78 is 52.7. The second-order valence-corrected chi connectivity index (χ2v) is 10.3. The van der Waals surface area contributed by atoms with E-state index >= 15 is 8.78 Å². The second-order valence-electron chi connectivity index (χ2n) is 10.3. The first-order valence-corrected chi connectivity index (χ1v) is 13.4. The maximum absolute atomic E-state index is 15.5. The van der Waals surface area contributed by atoms with Gasteiger partial charge in [0.2, 0.25) is 0 Å². The van der Waals surface area contributed by atoms with Gasteiger partial charge in [-0.15, -0.1) is 0 Å². The quantitative estimate of drug-likeness (QED) is 0.377. The Balaban J connectivity index is 1.61. The van der Waals surface area contributed by atoms with Crippen LogP contribution in [0.4, 0.5) is 20.4 Å². The van der Waals surface area contributed by atoms with Crippen LogP contribution in [0.15, 0.2) is 31.0 Å². The number of carbonyl (C=O) groups excluding carboxylic acids is 1. The van der Waals surface area contributed by atoms with Crippen molar-refractivity contribution in [2.75, 3.05) is 50.7 Å². The summed E-state index contributed by atoms with van der Waals surface area (Å²) in [5, 5.41) is 4.02. The number of aromatic nitrogens is 3. The molecule has 2 unspecified atom stereocenters. The molecule has 4 heterocycles. The SMILES string of the molecule is C=CC(=O)C[C@H]1COC[C@H]1Nc1cc2c(N3CC(C)OC(C)C3)nc(-c3c(F)c(OC)cc(OC)c3F)nc2cn1. The number of hydrogen-bond acceptors (Lipinski definition) is 10. The Morgan fingerprint density at radius 3 is 2.44 bits per heavy atom. The van der Waals surface area contributed by atoms with E-state index in [0.717, 1.165) is 6.07 Å². The first-order chi connectivity index (χ1) is 19.7. The Labute approximate surface area is 236 Å². The molecule has 1 N–H and O–H groups in total. The van der Waals surface area contributed by atoms with Gasteiger partial charge in [0.1, 0.15) is 11.6 Å². The standard InChI is InChI=1S/C29H33F2N5O5/c1-6-18(37)7-17-13-40-14-21(17)33-24-8-19-20(10-32-24)34-28(35-29(19)36-11-15(2)41-16(3)12-36)25-26(30)22(38-4)9-23(39-5)27(25)31/h6,8-10,15-17,21H,1,7,11-14H2,2-5H3,(H,32,33)/t15?,16?,17-,21+/m0/s1. The molecule has 0 amide bonds. The summed E-state index contributed by atoms with van der Waals surface area (Å²) in [6.45, 7) is 9.36. The molecule has 0 saturated carbocycles. The third kappa shape index (κ3) is 5.80. The molecule has 218 valence electrons. The molecular weight excluding hydrogens is 536 g/mol. The number of allylic oxidation sites excluding steroid dienone is 1. The number of hydrogen-bond donors (Lipinski definition) is 1. The van der Waals surface area contributed by atoms with Gasteiger partial charge in [-0.1, -0.05) is 6.58 Å². The maximum Gasteiger partial charge on any atom is 0.179 e. The Kier molecular flexibility index (Phi) is 8.32. The van der Waals surface area contributed by atoms with Crippen LogP contribution in [0.5, 0.6) is 11.5 Å². The zero-order valence-corrected chi connectivity index (χ0v) is 23.4. The van der Waals surface area contributed by atoms with E-state index in [1.807, 2.05) is 24.8 Å². The first-order valence-electron chi connectivity index (χ1n) is 13.4. The van der Waals surface area contributed by atoms with Gasteiger partial charge in [-0.2, -0.15) is 0 Å². The fourth-order valence-electron chi connectivity index (χ4n) is 5.37. The van der Waals surface area contributed by atoms with Crippen LogP contribution in [0.1, 0.15) is 20.3 Å². The smallest absolute Gasteiger partial charge is 0.179 e. The number of benzene rings is 1. The highest BCUT2D eigenvalue weighted by atomic mass is 19.1. The predicted molar refractivity (Wildman–Crippen MR) is 150 cm³/mol. The number of carbonyl (C=O) groups is 1. The molecule has 2 aliphatic heterocycles. The first kappa shape index (κ1) is 28.6. The number of rotatable bonds is 9. The van der Waals surface area contributed by atoms with Crippen LogP contribution >= 0.6 is 0 Å². The van der Waals surface area contributed by atoms with Crippen molar-refractivity contribution in [3.8, 4) is 22.9 Å². The van der Waals surface area contributed by atoms with E-state index in [2.05, 4.69) is 21.9 Å². The molecule has 5 rings (SSSR count). The summed E-state index contributed by atoms with van der Waals surface area (Å²) in [5.74, 6) is -1.50. The maximum atomic E-state index is 15.5. The number of fused-ring (bicyclic) bond motifs is 1. The number of ketones is 1. The zero-order chi connectivity index (χ0) is 29.3. The van der Waals surface area contributed by atoms with Gasteiger partial charge in [-0.25, -0.2) is 23.7 Å². The van der Waals surface area contributed by atoms with Gasteiger partial charge in [0.25, 0.3) is 0 Å². The molecule has 2 aromatic heterocycles. The molecule has 4 atom stereocenters. The predicted octanol–water partition coefficient (Wildman–Crippen LogP) is 4.17. The molecule has 0 radical (unpaired) electrons. The van der Waals surface area contributed by atoms with Gasteiger partial charge in [0.05, 0.1) is 63.0 Å². The Morgan fingerprint density at radius 1 is 1.12 bits per heavy atom. The van der Waals surface area contributed by atoms with Crippen LogP contribution in [-0.4, -0.2) is 79.5 Å². The van der Waals surface area contributed by atoms with Crippen LogP contribution in [0.2, 0.25) is 0 Å². The zero-order valence-electron chi connectivity index (χ0n) is 23.4. The summed E-state index contributed by atoms with van der Waals surface area (Å²) in [6, 6.07) is 2.82. The fourth-order valence-corrected chi connectivity index (χ4v) is 5.37. The average molecular weight is 570 g/mol. The highest BCUT2D eigenvalue weighted by molar-refractivity contribution is 5.93. The Bertz CT molecular complexity index is 1430. The van der Waals surface area contributed by atoms with Crippen LogP contribution in [0.25, 0.3) is 22.3 Å². The number of ether oxygens (including phenoxy) is 4. The summed E-state index contributed by atoms with van der Waals surface area (Å²) in [5.41, 5.74) is -0.0669. The van der Waals surface area contributed by atoms with Gasteiger partial charge in [-0.3, -0.25) is 4.79 Å². The van der Waals surface area contributed by atoms with E-state index in [9.17, 15) is 4.79 Å². The van der Waals surface area contributed by atoms with E-state index in [1.165, 1.54) is 26.5 Å². The molecule has 0 aliphatic carbocycles. The van der Waals surface area contributed by atoms with Crippen molar-refractivity contribution in [1.82, 2.24) is 15.0 Å². The largest absolute Gasteiger partial charge is 0.494 e. The van der Waals surface area contributed by atoms with Crippen molar-refractivity contribution in [3.63, 3.8) is 0 Å². The summed E-state index contributed by atoms with van der Waals surface area (Å²) in [6.07, 6.45) is 2.97. The fraction of sp³-hybridized carbons (Fsp3) is 0.448. The van der Waals surface area contributed by atoms with Gasteiger partial charge >= 0.3 is 0 Å². The molecule has 2 aliphatic rings. The molecule has 10 nitrogen and oxygen atoms in total. The lowest BCUT2D eigenvalue weighted by atomic mass is 9.97. The lowest BCUT2D eigenvalue weighted by Gasteiger charge is -2.36. The number of nitrogens with one attached hydrogen (secondary N) is 1. The number of morpholine rings is 1. The molecule has 2 fully saturated rings. The summed E-state index contributed by atoms with van der Waals surface area (Å²) in [7, 11) is 2.57. The van der Waals surface area contributed by atoms with Crippen molar-refractivity contribution in [2.45, 2.75) is 38.5 Å². The van der Waals surface area contributed by atoms with Crippen molar-refractivity contribution < 1.29 is 32.5 Å². The van der Waals surface area contributed by atoms with Crippen molar-refractivity contribution in [2.24, 2.45) is 5.92 Å². The van der Waals surface area contributed by atoms with Gasteiger partial charge in [-0.05, 0) is 26.0 Å². The van der Waals surface area contributed by atoms with E-state index in [1.54, 1.807) is 0 Å². The van der Waals surface area contributed by atoms with Crippen LogP contribution in [-0.2, 0) is 14.3 Å². The highest BCUT2D eigenvalue weighted by Crippen LogP contribution is 2.38. The molecule has 1 aromatic carbocycles. The average Bonchev–Trinajstić information content (AvgIpc) is 3.38. The molecule has 3 aromatic rings. The normalized spacial score (nSPS) is 22.5. The van der Waals surface area contributed by atoms with Gasteiger partial charge < -0.3 is 29.2 Å². The monoisotopic (exact) mass is 569 g/mol. The molecule has 0 bridgehead atoms. The number of nitrogens with zero attached hydrogens (tertiary/aromatic N) is 4. The van der Waals surface area contributed by atoms with E-state index in [4.69, 9.17) is 23.9 Å². The molecule has 12 heteroatoms. The minimum atomic E-state index is -0.938. The second kappa shape index (κ2) is 11.9. The summed E-state index contributed by atoms with van der Waals surface area (Å²) in [4.78, 5) is 27.7. The molecule has 2 saturated heterocycles. The third-order valence-electron chi connectivity index (χ3n) is 7.30. The Hall–Kier alpha value is -3.90. The van der Waals surface area contributed by atoms with Crippen LogP contribution in [0.3, 0.4) is 0 Å². The van der Waals surface area contributed by atoms with Crippen LogP contribution in [0, 0.1) is 17.6 Å². The number of halogens is 2. The number of pyridine rings is 1. The van der Waals surface area contributed by atoms with Gasteiger partial charge in [0.15, 0.2) is 34.7 Å². The van der Waals surface area contributed by atoms with E-state index in [-0.39, 0.29) is 47.3 Å². The van der Waals surface area contributed by atoms with Crippen molar-refractivity contribution >= 4 is 28.3 Å². The van der Waals surface area contributed by atoms with E-state index < -0.39 is 17.2 Å². The lowest BCUT2D eigenvalue weighted by molar-refractivity contribution is -0.115.